The van der Waals surface area contributed by atoms with Crippen LogP contribution in [0.25, 0.3) is 0 Å². The van der Waals surface area contributed by atoms with Gasteiger partial charge in [0.2, 0.25) is 0 Å². The number of benzene rings is 1. The molecule has 0 radical (unpaired) electrons. The number of nitrogens with one attached hydrogen (secondary N) is 1. The third kappa shape index (κ3) is 2.87. The SMILES string of the molecule is CC(Nc1ccc(I)cc1Cl)c1cscn1. The van der Waals surface area contributed by atoms with Gasteiger partial charge in [0.25, 0.3) is 0 Å². The minimum atomic E-state index is 0.170. The molecule has 0 spiro atoms. The van der Waals surface area contributed by atoms with Crippen LogP contribution >= 0.6 is 45.5 Å². The Morgan fingerprint density at radius 3 is 2.94 bits per heavy atom. The van der Waals surface area contributed by atoms with Crippen LogP contribution in [0.2, 0.25) is 5.02 Å². The van der Waals surface area contributed by atoms with Crippen molar-refractivity contribution in [1.82, 2.24) is 4.98 Å². The number of aromatic nitrogens is 1. The van der Waals surface area contributed by atoms with Gasteiger partial charge in [-0.1, -0.05) is 11.6 Å². The topological polar surface area (TPSA) is 24.9 Å². The Hall–Kier alpha value is -0.330. The molecule has 2 aromatic rings. The van der Waals surface area contributed by atoms with Crippen molar-refractivity contribution in [2.45, 2.75) is 13.0 Å². The molecular weight excluding hydrogens is 355 g/mol. The monoisotopic (exact) mass is 364 g/mol. The van der Waals surface area contributed by atoms with Gasteiger partial charge in [0.1, 0.15) is 0 Å². The lowest BCUT2D eigenvalue weighted by molar-refractivity contribution is 0.850. The van der Waals surface area contributed by atoms with Gasteiger partial charge in [0.05, 0.1) is 28.0 Å². The summed E-state index contributed by atoms with van der Waals surface area (Å²) >= 11 is 9.99. The quantitative estimate of drug-likeness (QED) is 0.807. The first kappa shape index (κ1) is 12.1. The number of hydrogen-bond donors (Lipinski definition) is 1. The third-order valence-corrected chi connectivity index (χ3v) is 3.79. The van der Waals surface area contributed by atoms with Crippen molar-refractivity contribution >= 4 is 51.2 Å². The van der Waals surface area contributed by atoms with E-state index in [9.17, 15) is 0 Å². The second-order valence-electron chi connectivity index (χ2n) is 3.40. The maximum atomic E-state index is 6.15. The largest absolute Gasteiger partial charge is 0.376 e. The maximum absolute atomic E-state index is 6.15. The summed E-state index contributed by atoms with van der Waals surface area (Å²) in [7, 11) is 0. The smallest absolute Gasteiger partial charge is 0.0795 e. The summed E-state index contributed by atoms with van der Waals surface area (Å²) in [5.74, 6) is 0. The normalized spacial score (nSPS) is 12.4. The van der Waals surface area contributed by atoms with Crippen LogP contribution in [-0.4, -0.2) is 4.98 Å². The lowest BCUT2D eigenvalue weighted by atomic mass is 10.2. The summed E-state index contributed by atoms with van der Waals surface area (Å²) in [6.07, 6.45) is 0. The number of halogens is 2. The molecule has 1 heterocycles. The van der Waals surface area contributed by atoms with Crippen molar-refractivity contribution in [3.05, 3.63) is 43.4 Å². The third-order valence-electron chi connectivity index (χ3n) is 2.20. The predicted octanol–water partition coefficient (Wildman–Crippen LogP) is 4.57. The number of rotatable bonds is 3. The Morgan fingerprint density at radius 2 is 2.31 bits per heavy atom. The first-order valence-electron chi connectivity index (χ1n) is 4.76. The van der Waals surface area contributed by atoms with Crippen LogP contribution in [-0.2, 0) is 0 Å². The molecule has 0 amide bonds. The van der Waals surface area contributed by atoms with Crippen LogP contribution in [0.5, 0.6) is 0 Å². The summed E-state index contributed by atoms with van der Waals surface area (Å²) in [6.45, 7) is 2.07. The fraction of sp³-hybridized carbons (Fsp3) is 0.182. The van der Waals surface area contributed by atoms with E-state index in [4.69, 9.17) is 11.6 Å². The Morgan fingerprint density at radius 1 is 1.50 bits per heavy atom. The molecule has 0 fully saturated rings. The molecule has 2 rings (SSSR count). The molecule has 1 N–H and O–H groups in total. The average Bonchev–Trinajstić information content (AvgIpc) is 2.75. The molecule has 5 heteroatoms. The molecule has 2 nitrogen and oxygen atoms in total. The van der Waals surface area contributed by atoms with Crippen LogP contribution in [0.4, 0.5) is 5.69 Å². The van der Waals surface area contributed by atoms with Crippen molar-refractivity contribution in [2.75, 3.05) is 5.32 Å². The first-order valence-corrected chi connectivity index (χ1v) is 7.16. The molecule has 0 aliphatic rings. The fourth-order valence-corrected chi connectivity index (χ4v) is 2.91. The number of anilines is 1. The Bertz CT molecular complexity index is 473. The zero-order chi connectivity index (χ0) is 11.5. The van der Waals surface area contributed by atoms with Gasteiger partial charge in [-0.3, -0.25) is 0 Å². The molecule has 0 bridgehead atoms. The summed E-state index contributed by atoms with van der Waals surface area (Å²) in [5, 5.41) is 6.13. The maximum Gasteiger partial charge on any atom is 0.0795 e. The Kier molecular flexibility index (Phi) is 4.05. The van der Waals surface area contributed by atoms with Gasteiger partial charge < -0.3 is 5.32 Å². The van der Waals surface area contributed by atoms with Gasteiger partial charge in [-0.15, -0.1) is 11.3 Å². The van der Waals surface area contributed by atoms with Gasteiger partial charge in [-0.25, -0.2) is 4.98 Å². The molecule has 0 saturated heterocycles. The molecule has 0 aliphatic carbocycles. The number of nitrogens with zero attached hydrogens (tertiary/aromatic N) is 1. The lowest BCUT2D eigenvalue weighted by Crippen LogP contribution is -2.07. The molecular formula is C11H10ClIN2S. The standard InChI is InChI=1S/C11H10ClIN2S/c1-7(11-5-16-6-14-11)15-10-3-2-8(13)4-9(10)12/h2-7,15H,1H3. The molecule has 1 aromatic heterocycles. The molecule has 1 unspecified atom stereocenters. The van der Waals surface area contributed by atoms with Crippen LogP contribution < -0.4 is 5.32 Å². The van der Waals surface area contributed by atoms with E-state index < -0.39 is 0 Å². The summed E-state index contributed by atoms with van der Waals surface area (Å²) in [5.41, 5.74) is 3.82. The van der Waals surface area contributed by atoms with E-state index in [0.29, 0.717) is 0 Å². The van der Waals surface area contributed by atoms with Crippen molar-refractivity contribution < 1.29 is 0 Å². The Labute approximate surface area is 117 Å². The van der Waals surface area contributed by atoms with Gasteiger partial charge in [-0.05, 0) is 47.7 Å². The van der Waals surface area contributed by atoms with Gasteiger partial charge >= 0.3 is 0 Å². The molecule has 84 valence electrons. The van der Waals surface area contributed by atoms with Crippen molar-refractivity contribution in [3.8, 4) is 0 Å². The van der Waals surface area contributed by atoms with E-state index in [1.165, 1.54) is 0 Å². The molecule has 0 aliphatic heterocycles. The zero-order valence-corrected chi connectivity index (χ0v) is 12.3. The second-order valence-corrected chi connectivity index (χ2v) is 5.78. The van der Waals surface area contributed by atoms with Gasteiger partial charge in [0, 0.05) is 8.95 Å². The lowest BCUT2D eigenvalue weighted by Gasteiger charge is -2.14. The minimum absolute atomic E-state index is 0.170. The predicted molar refractivity (Wildman–Crippen MR) is 78.3 cm³/mol. The van der Waals surface area contributed by atoms with E-state index in [1.54, 1.807) is 11.3 Å². The number of hydrogen-bond acceptors (Lipinski definition) is 3. The van der Waals surface area contributed by atoms with E-state index >= 15 is 0 Å². The van der Waals surface area contributed by atoms with Crippen molar-refractivity contribution in [2.24, 2.45) is 0 Å². The highest BCUT2D eigenvalue weighted by atomic mass is 127. The summed E-state index contributed by atoms with van der Waals surface area (Å²) in [6, 6.07) is 6.14. The van der Waals surface area contributed by atoms with Crippen LogP contribution in [0, 0.1) is 3.57 Å². The zero-order valence-electron chi connectivity index (χ0n) is 8.58. The van der Waals surface area contributed by atoms with Gasteiger partial charge in [0.15, 0.2) is 0 Å². The van der Waals surface area contributed by atoms with Crippen LogP contribution in [0.3, 0.4) is 0 Å². The summed E-state index contributed by atoms with van der Waals surface area (Å²) in [4.78, 5) is 4.27. The molecule has 0 saturated carbocycles. The summed E-state index contributed by atoms with van der Waals surface area (Å²) < 4.78 is 1.13. The van der Waals surface area contributed by atoms with Gasteiger partial charge in [-0.2, -0.15) is 0 Å². The van der Waals surface area contributed by atoms with Crippen LogP contribution in [0.15, 0.2) is 29.1 Å². The first-order chi connectivity index (χ1) is 7.66. The van der Waals surface area contributed by atoms with E-state index in [0.717, 1.165) is 20.0 Å². The van der Waals surface area contributed by atoms with E-state index in [-0.39, 0.29) is 6.04 Å². The van der Waals surface area contributed by atoms with Crippen LogP contribution in [0.1, 0.15) is 18.7 Å². The minimum Gasteiger partial charge on any atom is -0.376 e. The van der Waals surface area contributed by atoms with Crippen molar-refractivity contribution in [3.63, 3.8) is 0 Å². The highest BCUT2D eigenvalue weighted by Gasteiger charge is 2.09. The highest BCUT2D eigenvalue weighted by molar-refractivity contribution is 14.1. The van der Waals surface area contributed by atoms with E-state index in [1.807, 2.05) is 29.1 Å². The second kappa shape index (κ2) is 5.33. The molecule has 1 aromatic carbocycles. The fourth-order valence-electron chi connectivity index (χ4n) is 1.35. The average molecular weight is 365 g/mol. The van der Waals surface area contributed by atoms with Crippen molar-refractivity contribution in [1.29, 1.82) is 0 Å². The highest BCUT2D eigenvalue weighted by Crippen LogP contribution is 2.27. The Balaban J connectivity index is 2.15. The number of thiazole rings is 1. The molecule has 16 heavy (non-hydrogen) atoms. The van der Waals surface area contributed by atoms with E-state index in [2.05, 4.69) is 39.8 Å². The molecule has 1 atom stereocenters.